The highest BCUT2D eigenvalue weighted by atomic mass is 16.5. The van der Waals surface area contributed by atoms with Crippen molar-refractivity contribution >= 4 is 11.9 Å². The molecule has 2 bridgehead atoms. The van der Waals surface area contributed by atoms with Crippen LogP contribution in [0.4, 0.5) is 5.95 Å². The van der Waals surface area contributed by atoms with E-state index in [1.165, 1.54) is 5.57 Å². The minimum Gasteiger partial charge on any atom is -0.481 e. The number of hydrogen-bond donors (Lipinski definition) is 2. The molecule has 1 aliphatic heterocycles. The third-order valence-electron chi connectivity index (χ3n) is 15.7. The van der Waals surface area contributed by atoms with E-state index in [0.717, 1.165) is 38.5 Å². The summed E-state index contributed by atoms with van der Waals surface area (Å²) >= 11 is 0. The molecule has 10 nitrogen and oxygen atoms in total. The van der Waals surface area contributed by atoms with Crippen LogP contribution in [-0.4, -0.2) is 82.2 Å². The zero-order chi connectivity index (χ0) is 35.2. The molecule has 1 unspecified atom stereocenters. The summed E-state index contributed by atoms with van der Waals surface area (Å²) in [5.74, 6) is 0.985. The quantitative estimate of drug-likeness (QED) is 0.289. The highest BCUT2D eigenvalue weighted by molar-refractivity contribution is 5.73. The summed E-state index contributed by atoms with van der Waals surface area (Å²) < 4.78 is 13.8. The van der Waals surface area contributed by atoms with Crippen molar-refractivity contribution in [1.82, 2.24) is 25.1 Å². The van der Waals surface area contributed by atoms with Gasteiger partial charge >= 0.3 is 5.97 Å². The van der Waals surface area contributed by atoms with Crippen molar-refractivity contribution < 1.29 is 19.4 Å². The summed E-state index contributed by atoms with van der Waals surface area (Å²) in [7, 11) is 4.25. The molecule has 3 N–H and O–H groups in total. The van der Waals surface area contributed by atoms with Gasteiger partial charge in [0.05, 0.1) is 31.8 Å². The van der Waals surface area contributed by atoms with Crippen LogP contribution in [0.1, 0.15) is 107 Å². The first kappa shape index (κ1) is 35.8. The largest absolute Gasteiger partial charge is 0.481 e. The first-order valence-electron chi connectivity index (χ1n) is 18.7. The highest BCUT2D eigenvalue weighted by Crippen LogP contribution is 2.75. The van der Waals surface area contributed by atoms with Gasteiger partial charge in [0.2, 0.25) is 0 Å². The second-order valence-electron chi connectivity index (χ2n) is 18.6. The molecule has 1 saturated heterocycles. The molecule has 0 aromatic carbocycles. The van der Waals surface area contributed by atoms with E-state index >= 15 is 0 Å². The Bertz CT molecular complexity index is 1400. The lowest BCUT2D eigenvalue weighted by Crippen LogP contribution is -2.69. The van der Waals surface area contributed by atoms with Gasteiger partial charge in [0.25, 0.3) is 5.95 Å². The summed E-state index contributed by atoms with van der Waals surface area (Å²) in [4.78, 5) is 17.4. The minimum atomic E-state index is -0.624. The number of tetrazole rings is 1. The number of nitrogens with zero attached hydrogens (tertiary/aromatic N) is 5. The van der Waals surface area contributed by atoms with E-state index in [0.29, 0.717) is 49.4 Å². The predicted octanol–water partition coefficient (Wildman–Crippen LogP) is 6.36. The number of rotatable bonds is 9. The molecule has 1 aromatic rings. The van der Waals surface area contributed by atoms with Gasteiger partial charge in [-0.3, -0.25) is 4.79 Å². The molecule has 1 aromatic heterocycles. The zero-order valence-electron chi connectivity index (χ0n) is 31.6. The van der Waals surface area contributed by atoms with Crippen LogP contribution < -0.4 is 5.73 Å². The van der Waals surface area contributed by atoms with Crippen LogP contribution >= 0.6 is 0 Å². The maximum Gasteiger partial charge on any atom is 0.307 e. The van der Waals surface area contributed by atoms with Crippen molar-refractivity contribution in [3.63, 3.8) is 0 Å². The van der Waals surface area contributed by atoms with Gasteiger partial charge in [-0.25, -0.2) is 0 Å². The number of aromatic nitrogens is 4. The first-order chi connectivity index (χ1) is 22.4. The van der Waals surface area contributed by atoms with Gasteiger partial charge in [-0.2, -0.15) is 4.80 Å². The number of carboxylic acids is 1. The minimum absolute atomic E-state index is 0.140. The van der Waals surface area contributed by atoms with Crippen molar-refractivity contribution in [3.8, 4) is 0 Å². The molecule has 3 saturated carbocycles. The van der Waals surface area contributed by atoms with Gasteiger partial charge < -0.3 is 25.2 Å². The molecule has 10 heteroatoms. The van der Waals surface area contributed by atoms with Gasteiger partial charge in [-0.15, -0.1) is 5.10 Å². The predicted molar refractivity (Wildman–Crippen MR) is 187 cm³/mol. The molecular weight excluding hydrogens is 604 g/mol. The molecule has 270 valence electrons. The van der Waals surface area contributed by atoms with Gasteiger partial charge in [-0.1, -0.05) is 79.1 Å². The Morgan fingerprint density at radius 1 is 1.08 bits per heavy atom. The smallest absolute Gasteiger partial charge is 0.307 e. The number of allylic oxidation sites excluding steroid dienone is 1. The Morgan fingerprint density at radius 2 is 1.79 bits per heavy atom. The fourth-order valence-corrected chi connectivity index (χ4v) is 12.6. The number of anilines is 1. The Labute approximate surface area is 288 Å². The molecule has 48 heavy (non-hydrogen) atoms. The topological polar surface area (TPSA) is 129 Å². The second-order valence-corrected chi connectivity index (χ2v) is 18.6. The molecule has 0 radical (unpaired) electrons. The number of nitrogens with two attached hydrogens (primary N) is 1. The number of carbonyl (C=O) groups is 1. The van der Waals surface area contributed by atoms with E-state index in [1.807, 2.05) is 0 Å². The van der Waals surface area contributed by atoms with Crippen LogP contribution in [-0.2, 0) is 14.3 Å². The van der Waals surface area contributed by atoms with Crippen molar-refractivity contribution in [1.29, 1.82) is 0 Å². The molecule has 2 heterocycles. The van der Waals surface area contributed by atoms with Crippen molar-refractivity contribution in [3.05, 3.63) is 11.6 Å². The first-order valence-corrected chi connectivity index (χ1v) is 18.7. The Hall–Kier alpha value is -2.04. The number of hydrogen-bond acceptors (Lipinski definition) is 8. The number of aliphatic carboxylic acids is 1. The Morgan fingerprint density at radius 3 is 2.38 bits per heavy atom. The summed E-state index contributed by atoms with van der Waals surface area (Å²) in [6.45, 7) is 22.6. The van der Waals surface area contributed by atoms with E-state index in [1.54, 1.807) is 4.80 Å². The van der Waals surface area contributed by atoms with E-state index < -0.39 is 11.9 Å². The van der Waals surface area contributed by atoms with Crippen LogP contribution in [0.15, 0.2) is 11.6 Å². The lowest BCUT2D eigenvalue weighted by atomic mass is 9.34. The number of ether oxygens (including phenoxy) is 2. The van der Waals surface area contributed by atoms with E-state index in [-0.39, 0.29) is 51.2 Å². The molecule has 12 atom stereocenters. The molecule has 0 amide bonds. The van der Waals surface area contributed by atoms with E-state index in [2.05, 4.69) is 103 Å². The van der Waals surface area contributed by atoms with Crippen LogP contribution in [0.25, 0.3) is 0 Å². The molecule has 5 aliphatic rings. The summed E-state index contributed by atoms with van der Waals surface area (Å²) in [6, 6.07) is 0.121. The fraction of sp³-hybridized carbons (Fsp3) is 0.895. The summed E-state index contributed by atoms with van der Waals surface area (Å²) in [5, 5.41) is 24.2. The molecule has 4 aliphatic carbocycles. The van der Waals surface area contributed by atoms with E-state index in [9.17, 15) is 9.90 Å². The third-order valence-corrected chi connectivity index (χ3v) is 15.7. The summed E-state index contributed by atoms with van der Waals surface area (Å²) in [5.41, 5.74) is 6.34. The highest BCUT2D eigenvalue weighted by Gasteiger charge is 2.72. The SMILES string of the molecule is CC(C)[C@@H](C)[C@@]1(C)CC[C@]2(C)C3CC[C@@H]4[C@@]5(COC[C@@]4(C)[C@@H](OC[C@@H](C(C)C)N(C)C)[C@H](n4nnc(N)n4)C5)C3=CC[C@@]2(C)[C@@H]1C(=O)O. The zero-order valence-corrected chi connectivity index (χ0v) is 31.6. The molecular formula is C38H64N6O4. The average molecular weight is 669 g/mol. The van der Waals surface area contributed by atoms with Gasteiger partial charge in [0.1, 0.15) is 6.04 Å². The number of nitrogen functional groups attached to an aromatic ring is 1. The molecule has 0 spiro atoms. The average Bonchev–Trinajstić information content (AvgIpc) is 3.43. The van der Waals surface area contributed by atoms with Crippen LogP contribution in [0, 0.1) is 62.6 Å². The molecule has 6 rings (SSSR count). The van der Waals surface area contributed by atoms with Crippen LogP contribution in [0.5, 0.6) is 0 Å². The Kier molecular flexibility index (Phi) is 8.97. The third kappa shape index (κ3) is 4.95. The van der Waals surface area contributed by atoms with Crippen LogP contribution in [0.3, 0.4) is 0 Å². The lowest BCUT2D eigenvalue weighted by molar-refractivity contribution is -0.253. The number of fused-ring (bicyclic) bond motifs is 3. The van der Waals surface area contributed by atoms with Crippen molar-refractivity contribution in [2.75, 3.05) is 39.6 Å². The number of carboxylic acid groups (broad SMARTS) is 1. The summed E-state index contributed by atoms with van der Waals surface area (Å²) in [6.07, 6.45) is 8.02. The lowest BCUT2D eigenvalue weighted by Gasteiger charge is -2.71. The van der Waals surface area contributed by atoms with Crippen LogP contribution in [0.2, 0.25) is 0 Å². The Balaban J connectivity index is 1.43. The maximum atomic E-state index is 13.4. The standard InChI is InChI=1S/C38H64N6O4/c1-22(2)24(5)34(6)16-17-36(8)25-12-13-29-35(7)20-47-21-38(29,26(25)14-15-37(36,9)30(34)32(45)46)18-27(44-41-33(39)40-42-44)31(35)48-19-28(23(3)4)43(10)11/h14,22-25,27-31H,12-13,15-21H2,1-11H3,(H2,39,41)(H,45,46)/t24-,25?,27-,28+,29+,30-,31+,34-,35-,36-,37+,38+/m1/s1. The second kappa shape index (κ2) is 12.0. The molecule has 4 fully saturated rings. The van der Waals surface area contributed by atoms with E-state index in [4.69, 9.17) is 15.2 Å². The van der Waals surface area contributed by atoms with Gasteiger partial charge in [-0.05, 0) is 104 Å². The maximum absolute atomic E-state index is 13.4. The monoisotopic (exact) mass is 668 g/mol. The fourth-order valence-electron chi connectivity index (χ4n) is 12.6. The van der Waals surface area contributed by atoms with Gasteiger partial charge in [0, 0.05) is 16.9 Å². The van der Waals surface area contributed by atoms with Crippen molar-refractivity contribution in [2.24, 2.45) is 62.6 Å². The normalized spacial score (nSPS) is 43.7. The van der Waals surface area contributed by atoms with Gasteiger partial charge in [0.15, 0.2) is 0 Å². The number of likely N-dealkylation sites (N-methyl/N-ethyl adjacent to an activating group) is 1. The van der Waals surface area contributed by atoms with Crippen molar-refractivity contribution in [2.45, 2.75) is 119 Å².